The highest BCUT2D eigenvalue weighted by atomic mass is 127. The molecule has 2 rings (SSSR count). The van der Waals surface area contributed by atoms with E-state index in [2.05, 4.69) is 47.4 Å². The molecule has 0 amide bonds. The van der Waals surface area contributed by atoms with Crippen molar-refractivity contribution in [3.63, 3.8) is 0 Å². The first-order valence-corrected chi connectivity index (χ1v) is 7.55. The van der Waals surface area contributed by atoms with Crippen LogP contribution in [0, 0.1) is 6.92 Å². The van der Waals surface area contributed by atoms with Crippen LogP contribution in [0.25, 0.3) is 0 Å². The van der Waals surface area contributed by atoms with Crippen molar-refractivity contribution in [1.29, 1.82) is 0 Å². The fraction of sp³-hybridized carbons (Fsp3) is 0.333. The molecule has 0 saturated carbocycles. The lowest BCUT2D eigenvalue weighted by Gasteiger charge is -2.22. The maximum absolute atomic E-state index is 4.33. The topological polar surface area (TPSA) is 56.3 Å². The van der Waals surface area contributed by atoms with Crippen LogP contribution >= 0.6 is 39.9 Å². The van der Waals surface area contributed by atoms with Gasteiger partial charge in [-0.2, -0.15) is 5.10 Å². The molecule has 0 saturated heterocycles. The minimum Gasteiger partial charge on any atom is -0.352 e. The van der Waals surface area contributed by atoms with Crippen molar-refractivity contribution in [2.24, 2.45) is 4.99 Å². The molecule has 0 aliphatic heterocycles. The molecule has 7 heteroatoms. The molecule has 1 aromatic heterocycles. The molecule has 22 heavy (non-hydrogen) atoms. The Morgan fingerprint density at radius 3 is 2.68 bits per heavy atom. The molecule has 2 N–H and O–H groups in total. The standard InChI is InChI=1S/C15H20BrN5.HI/c1-11-13(9-19-20-11)8-18-15(17-2)21(3)10-12-6-4-5-7-14(12)16;/h4-7,9H,8,10H2,1-3H3,(H,17,18)(H,19,20);1H. The number of aliphatic imine (C=N–C) groups is 1. The highest BCUT2D eigenvalue weighted by molar-refractivity contribution is 14.0. The number of aromatic amines is 1. The van der Waals surface area contributed by atoms with E-state index in [-0.39, 0.29) is 24.0 Å². The van der Waals surface area contributed by atoms with E-state index in [1.165, 1.54) is 5.56 Å². The molecule has 1 aromatic carbocycles. The summed E-state index contributed by atoms with van der Waals surface area (Å²) in [6.07, 6.45) is 1.84. The normalized spacial score (nSPS) is 11.0. The smallest absolute Gasteiger partial charge is 0.193 e. The van der Waals surface area contributed by atoms with Crippen LogP contribution in [0.15, 0.2) is 39.9 Å². The lowest BCUT2D eigenvalue weighted by atomic mass is 10.2. The van der Waals surface area contributed by atoms with Gasteiger partial charge >= 0.3 is 0 Å². The number of nitrogens with one attached hydrogen (secondary N) is 2. The van der Waals surface area contributed by atoms with Crippen molar-refractivity contribution >= 4 is 45.9 Å². The van der Waals surface area contributed by atoms with Crippen LogP contribution < -0.4 is 5.32 Å². The minimum atomic E-state index is 0. The Balaban J connectivity index is 0.00000242. The molecule has 2 aromatic rings. The Kier molecular flexibility index (Phi) is 7.88. The first kappa shape index (κ1) is 19.0. The maximum Gasteiger partial charge on any atom is 0.193 e. The van der Waals surface area contributed by atoms with Crippen molar-refractivity contribution in [3.05, 3.63) is 51.8 Å². The van der Waals surface area contributed by atoms with Crippen LogP contribution in [-0.2, 0) is 13.1 Å². The number of rotatable bonds is 4. The van der Waals surface area contributed by atoms with Crippen LogP contribution in [-0.4, -0.2) is 35.2 Å². The quantitative estimate of drug-likeness (QED) is 0.403. The zero-order chi connectivity index (χ0) is 15.2. The Morgan fingerprint density at radius 2 is 2.09 bits per heavy atom. The van der Waals surface area contributed by atoms with Crippen LogP contribution in [0.1, 0.15) is 16.8 Å². The fourth-order valence-corrected chi connectivity index (χ4v) is 2.48. The summed E-state index contributed by atoms with van der Waals surface area (Å²) in [5.41, 5.74) is 3.44. The highest BCUT2D eigenvalue weighted by Crippen LogP contribution is 2.17. The predicted octanol–water partition coefficient (Wildman–Crippen LogP) is 3.31. The number of guanidine groups is 1. The number of H-pyrrole nitrogens is 1. The summed E-state index contributed by atoms with van der Waals surface area (Å²) < 4.78 is 1.11. The van der Waals surface area contributed by atoms with Crippen molar-refractivity contribution in [1.82, 2.24) is 20.4 Å². The SMILES string of the molecule is CN=C(NCc1cn[nH]c1C)N(C)Cc1ccccc1Br.I. The van der Waals surface area contributed by atoms with Crippen LogP contribution in [0.3, 0.4) is 0 Å². The first-order chi connectivity index (χ1) is 10.1. The third kappa shape index (κ3) is 4.98. The fourth-order valence-electron chi connectivity index (χ4n) is 2.07. The molecule has 5 nitrogen and oxygen atoms in total. The summed E-state index contributed by atoms with van der Waals surface area (Å²) in [6, 6.07) is 8.21. The van der Waals surface area contributed by atoms with Gasteiger partial charge in [0.25, 0.3) is 0 Å². The molecule has 0 unspecified atom stereocenters. The number of aromatic nitrogens is 2. The van der Waals surface area contributed by atoms with Gasteiger partial charge in [-0.1, -0.05) is 34.1 Å². The molecule has 0 radical (unpaired) electrons. The van der Waals surface area contributed by atoms with E-state index in [1.54, 1.807) is 7.05 Å². The van der Waals surface area contributed by atoms with Crippen LogP contribution in [0.4, 0.5) is 0 Å². The largest absolute Gasteiger partial charge is 0.352 e. The Bertz CT molecular complexity index is 626. The number of benzene rings is 1. The van der Waals surface area contributed by atoms with E-state index in [0.29, 0.717) is 6.54 Å². The third-order valence-electron chi connectivity index (χ3n) is 3.31. The number of hydrogen-bond acceptors (Lipinski definition) is 2. The van der Waals surface area contributed by atoms with Crippen LogP contribution in [0.5, 0.6) is 0 Å². The van der Waals surface area contributed by atoms with Gasteiger partial charge in [-0.25, -0.2) is 0 Å². The summed E-state index contributed by atoms with van der Waals surface area (Å²) in [5.74, 6) is 0.853. The lowest BCUT2D eigenvalue weighted by Crippen LogP contribution is -2.38. The van der Waals surface area contributed by atoms with Gasteiger partial charge in [0.1, 0.15) is 0 Å². The molecular weight excluding hydrogens is 457 g/mol. The Labute approximate surface area is 156 Å². The van der Waals surface area contributed by atoms with Crippen LogP contribution in [0.2, 0.25) is 0 Å². The average molecular weight is 478 g/mol. The molecule has 0 bridgehead atoms. The summed E-state index contributed by atoms with van der Waals surface area (Å²) >= 11 is 3.58. The van der Waals surface area contributed by atoms with Gasteiger partial charge in [0.05, 0.1) is 6.20 Å². The van der Waals surface area contributed by atoms with E-state index >= 15 is 0 Å². The first-order valence-electron chi connectivity index (χ1n) is 6.76. The number of halogens is 2. The second kappa shape index (κ2) is 9.14. The van der Waals surface area contributed by atoms with Gasteiger partial charge in [0, 0.05) is 42.9 Å². The Hall–Kier alpha value is -1.09. The van der Waals surface area contributed by atoms with Gasteiger partial charge in [-0.3, -0.25) is 10.1 Å². The monoisotopic (exact) mass is 477 g/mol. The molecule has 0 aliphatic carbocycles. The van der Waals surface area contributed by atoms with Gasteiger partial charge in [-0.15, -0.1) is 24.0 Å². The minimum absolute atomic E-state index is 0. The number of nitrogens with zero attached hydrogens (tertiary/aromatic N) is 3. The van der Waals surface area contributed by atoms with E-state index in [4.69, 9.17) is 0 Å². The lowest BCUT2D eigenvalue weighted by molar-refractivity contribution is 0.475. The van der Waals surface area contributed by atoms with Gasteiger partial charge < -0.3 is 10.2 Å². The summed E-state index contributed by atoms with van der Waals surface area (Å²) in [6.45, 7) is 3.50. The third-order valence-corrected chi connectivity index (χ3v) is 4.08. The van der Waals surface area contributed by atoms with Crippen molar-refractivity contribution in [3.8, 4) is 0 Å². The zero-order valence-corrected chi connectivity index (χ0v) is 16.8. The molecule has 0 fully saturated rings. The number of aryl methyl sites for hydroxylation is 1. The van der Waals surface area contributed by atoms with E-state index in [0.717, 1.165) is 28.2 Å². The van der Waals surface area contributed by atoms with Crippen molar-refractivity contribution in [2.75, 3.05) is 14.1 Å². The summed E-state index contributed by atoms with van der Waals surface area (Å²) in [5, 5.41) is 10.3. The van der Waals surface area contributed by atoms with Crippen molar-refractivity contribution in [2.45, 2.75) is 20.0 Å². The molecule has 0 atom stereocenters. The second-order valence-corrected chi connectivity index (χ2v) is 5.72. The average Bonchev–Trinajstić information content (AvgIpc) is 2.88. The Morgan fingerprint density at radius 1 is 1.36 bits per heavy atom. The molecule has 120 valence electrons. The molecule has 0 spiro atoms. The summed E-state index contributed by atoms with van der Waals surface area (Å²) in [4.78, 5) is 6.42. The molecule has 1 heterocycles. The summed E-state index contributed by atoms with van der Waals surface area (Å²) in [7, 11) is 3.82. The van der Waals surface area contributed by atoms with Gasteiger partial charge in [-0.05, 0) is 18.6 Å². The molecule has 0 aliphatic rings. The highest BCUT2D eigenvalue weighted by Gasteiger charge is 2.09. The number of hydrogen-bond donors (Lipinski definition) is 2. The van der Waals surface area contributed by atoms with Gasteiger partial charge in [0.2, 0.25) is 0 Å². The second-order valence-electron chi connectivity index (χ2n) is 4.87. The zero-order valence-electron chi connectivity index (χ0n) is 12.9. The molecular formula is C15H21BrIN5. The predicted molar refractivity (Wildman–Crippen MR) is 105 cm³/mol. The van der Waals surface area contributed by atoms with Crippen molar-refractivity contribution < 1.29 is 0 Å². The maximum atomic E-state index is 4.33. The van der Waals surface area contributed by atoms with E-state index in [1.807, 2.05) is 38.4 Å². The van der Waals surface area contributed by atoms with E-state index in [9.17, 15) is 0 Å². The van der Waals surface area contributed by atoms with Gasteiger partial charge in [0.15, 0.2) is 5.96 Å². The van der Waals surface area contributed by atoms with E-state index < -0.39 is 0 Å².